The molecule has 0 radical (unpaired) electrons. The first-order valence-electron chi connectivity index (χ1n) is 8.95. The Morgan fingerprint density at radius 3 is 2.46 bits per heavy atom. The zero-order valence-corrected chi connectivity index (χ0v) is 15.4. The van der Waals surface area contributed by atoms with Gasteiger partial charge >= 0.3 is 0 Å². The summed E-state index contributed by atoms with van der Waals surface area (Å²) in [6, 6.07) is 7.80. The average Bonchev–Trinajstić information content (AvgIpc) is 2.67. The van der Waals surface area contributed by atoms with Gasteiger partial charge in [-0.15, -0.1) is 6.58 Å². The van der Waals surface area contributed by atoms with Crippen molar-refractivity contribution in [2.45, 2.75) is 6.92 Å². The van der Waals surface area contributed by atoms with E-state index < -0.39 is 0 Å². The van der Waals surface area contributed by atoms with Crippen LogP contribution in [0.4, 0.5) is 11.4 Å². The standard InChI is InChI=1S/C19H28N4O3/c1-3-9-20-18(24)14-22(4-2)15-19(25)21-16-5-7-17(8-6-16)23-10-12-26-13-11-23/h3,5-8H,1,4,9-15H2,2H3,(H,20,24)(H,21,25). The van der Waals surface area contributed by atoms with E-state index in [-0.39, 0.29) is 24.9 Å². The van der Waals surface area contributed by atoms with Gasteiger partial charge in [0.1, 0.15) is 0 Å². The summed E-state index contributed by atoms with van der Waals surface area (Å²) >= 11 is 0. The van der Waals surface area contributed by atoms with Crippen molar-refractivity contribution >= 4 is 23.2 Å². The number of nitrogens with zero attached hydrogens (tertiary/aromatic N) is 2. The monoisotopic (exact) mass is 360 g/mol. The summed E-state index contributed by atoms with van der Waals surface area (Å²) in [7, 11) is 0. The molecule has 1 saturated heterocycles. The van der Waals surface area contributed by atoms with Gasteiger partial charge in [-0.1, -0.05) is 13.0 Å². The maximum Gasteiger partial charge on any atom is 0.238 e. The lowest BCUT2D eigenvalue weighted by molar-refractivity contribution is -0.123. The first kappa shape index (κ1) is 19.9. The zero-order valence-electron chi connectivity index (χ0n) is 15.4. The van der Waals surface area contributed by atoms with Gasteiger partial charge in [-0.25, -0.2) is 0 Å². The van der Waals surface area contributed by atoms with Crippen molar-refractivity contribution < 1.29 is 14.3 Å². The highest BCUT2D eigenvalue weighted by Crippen LogP contribution is 2.19. The van der Waals surface area contributed by atoms with E-state index in [0.717, 1.165) is 37.7 Å². The number of ether oxygens (including phenoxy) is 1. The Bertz CT molecular complexity index is 597. The minimum Gasteiger partial charge on any atom is -0.378 e. The third-order valence-corrected chi connectivity index (χ3v) is 4.15. The molecule has 1 aliphatic heterocycles. The van der Waals surface area contributed by atoms with Gasteiger partial charge in [0, 0.05) is 31.0 Å². The molecule has 2 rings (SSSR count). The van der Waals surface area contributed by atoms with Crippen LogP contribution >= 0.6 is 0 Å². The quantitative estimate of drug-likeness (QED) is 0.645. The van der Waals surface area contributed by atoms with Crippen LogP contribution in [-0.2, 0) is 14.3 Å². The lowest BCUT2D eigenvalue weighted by Crippen LogP contribution is -2.41. The van der Waals surface area contributed by atoms with Gasteiger partial charge < -0.3 is 20.3 Å². The number of hydrogen-bond acceptors (Lipinski definition) is 5. The molecule has 0 saturated carbocycles. The fraction of sp³-hybridized carbons (Fsp3) is 0.474. The van der Waals surface area contributed by atoms with Crippen molar-refractivity contribution in [3.63, 3.8) is 0 Å². The van der Waals surface area contributed by atoms with Crippen molar-refractivity contribution in [3.05, 3.63) is 36.9 Å². The molecule has 2 N–H and O–H groups in total. The molecule has 0 aliphatic carbocycles. The number of carbonyl (C=O) groups excluding carboxylic acids is 2. The molecule has 7 nitrogen and oxygen atoms in total. The van der Waals surface area contributed by atoms with Crippen LogP contribution in [0, 0.1) is 0 Å². The van der Waals surface area contributed by atoms with Crippen LogP contribution in [0.15, 0.2) is 36.9 Å². The van der Waals surface area contributed by atoms with Crippen molar-refractivity contribution in [3.8, 4) is 0 Å². The van der Waals surface area contributed by atoms with E-state index in [9.17, 15) is 9.59 Å². The Labute approximate surface area is 155 Å². The van der Waals surface area contributed by atoms with E-state index in [4.69, 9.17) is 4.74 Å². The Balaban J connectivity index is 1.82. The maximum atomic E-state index is 12.2. The molecule has 1 aromatic carbocycles. The van der Waals surface area contributed by atoms with Crippen LogP contribution in [0.5, 0.6) is 0 Å². The number of carbonyl (C=O) groups is 2. The number of anilines is 2. The van der Waals surface area contributed by atoms with Crippen LogP contribution < -0.4 is 15.5 Å². The predicted octanol–water partition coefficient (Wildman–Crippen LogP) is 1.09. The normalized spacial score (nSPS) is 14.2. The molecule has 0 unspecified atom stereocenters. The van der Waals surface area contributed by atoms with Crippen LogP contribution in [-0.4, -0.2) is 69.2 Å². The lowest BCUT2D eigenvalue weighted by Gasteiger charge is -2.29. The number of amides is 2. The SMILES string of the molecule is C=CCNC(=O)CN(CC)CC(=O)Nc1ccc(N2CCOCC2)cc1. The fourth-order valence-electron chi connectivity index (χ4n) is 2.71. The molecule has 1 aliphatic rings. The van der Waals surface area contributed by atoms with Gasteiger partial charge in [-0.05, 0) is 30.8 Å². The molecule has 1 aromatic rings. The minimum atomic E-state index is -0.137. The molecule has 26 heavy (non-hydrogen) atoms. The number of nitrogens with one attached hydrogen (secondary N) is 2. The summed E-state index contributed by atoms with van der Waals surface area (Å²) in [5.74, 6) is -0.253. The molecule has 1 fully saturated rings. The summed E-state index contributed by atoms with van der Waals surface area (Å²) in [6.45, 7) is 10.1. The number of likely N-dealkylation sites (N-methyl/N-ethyl adjacent to an activating group) is 1. The van der Waals surface area contributed by atoms with E-state index in [0.29, 0.717) is 13.1 Å². The van der Waals surface area contributed by atoms with Gasteiger partial charge in [0.25, 0.3) is 0 Å². The summed E-state index contributed by atoms with van der Waals surface area (Å²) in [5.41, 5.74) is 1.87. The zero-order chi connectivity index (χ0) is 18.8. The van der Waals surface area contributed by atoms with Crippen LogP contribution in [0.25, 0.3) is 0 Å². The highest BCUT2D eigenvalue weighted by molar-refractivity contribution is 5.92. The maximum absolute atomic E-state index is 12.2. The molecule has 1 heterocycles. The Morgan fingerprint density at radius 2 is 1.85 bits per heavy atom. The molecule has 2 amide bonds. The van der Waals surface area contributed by atoms with Gasteiger partial charge in [0.2, 0.25) is 11.8 Å². The van der Waals surface area contributed by atoms with E-state index in [1.54, 1.807) is 11.0 Å². The summed E-state index contributed by atoms with van der Waals surface area (Å²) in [4.78, 5) is 28.0. The van der Waals surface area contributed by atoms with Crippen LogP contribution in [0.3, 0.4) is 0 Å². The largest absolute Gasteiger partial charge is 0.378 e. The van der Waals surface area contributed by atoms with Gasteiger partial charge in [0.05, 0.1) is 26.3 Å². The first-order chi connectivity index (χ1) is 12.6. The molecule has 0 bridgehead atoms. The summed E-state index contributed by atoms with van der Waals surface area (Å²) in [5, 5.41) is 5.60. The molecule has 0 atom stereocenters. The number of benzene rings is 1. The Kier molecular flexibility index (Phi) is 8.11. The van der Waals surface area contributed by atoms with E-state index in [2.05, 4.69) is 22.1 Å². The highest BCUT2D eigenvalue weighted by atomic mass is 16.5. The van der Waals surface area contributed by atoms with Crippen LogP contribution in [0.1, 0.15) is 6.92 Å². The number of rotatable bonds is 9. The number of morpholine rings is 1. The smallest absolute Gasteiger partial charge is 0.238 e. The van der Waals surface area contributed by atoms with E-state index in [1.807, 2.05) is 31.2 Å². The topological polar surface area (TPSA) is 73.9 Å². The van der Waals surface area contributed by atoms with Gasteiger partial charge in [-0.3, -0.25) is 14.5 Å². The molecule has 0 aromatic heterocycles. The molecular weight excluding hydrogens is 332 g/mol. The molecule has 142 valence electrons. The fourth-order valence-corrected chi connectivity index (χ4v) is 2.71. The van der Waals surface area contributed by atoms with E-state index >= 15 is 0 Å². The second-order valence-corrected chi connectivity index (χ2v) is 6.09. The third kappa shape index (κ3) is 6.50. The second kappa shape index (κ2) is 10.6. The second-order valence-electron chi connectivity index (χ2n) is 6.09. The van der Waals surface area contributed by atoms with Gasteiger partial charge in [0.15, 0.2) is 0 Å². The molecule has 0 spiro atoms. The first-order valence-corrected chi connectivity index (χ1v) is 8.95. The molecular formula is C19H28N4O3. The molecule has 7 heteroatoms. The highest BCUT2D eigenvalue weighted by Gasteiger charge is 2.14. The van der Waals surface area contributed by atoms with E-state index in [1.165, 1.54) is 0 Å². The summed E-state index contributed by atoms with van der Waals surface area (Å²) < 4.78 is 5.36. The Hall–Kier alpha value is -2.38. The predicted molar refractivity (Wildman–Crippen MR) is 103 cm³/mol. The number of hydrogen-bond donors (Lipinski definition) is 2. The average molecular weight is 360 g/mol. The summed E-state index contributed by atoms with van der Waals surface area (Å²) in [6.07, 6.45) is 1.63. The van der Waals surface area contributed by atoms with Crippen molar-refractivity contribution in [2.24, 2.45) is 0 Å². The van der Waals surface area contributed by atoms with Gasteiger partial charge in [-0.2, -0.15) is 0 Å². The minimum absolute atomic E-state index is 0.116. The van der Waals surface area contributed by atoms with Crippen molar-refractivity contribution in [1.82, 2.24) is 10.2 Å². The Morgan fingerprint density at radius 1 is 1.19 bits per heavy atom. The van der Waals surface area contributed by atoms with Crippen molar-refractivity contribution in [1.29, 1.82) is 0 Å². The third-order valence-electron chi connectivity index (χ3n) is 4.15. The van der Waals surface area contributed by atoms with Crippen LogP contribution in [0.2, 0.25) is 0 Å². The van der Waals surface area contributed by atoms with Crippen molar-refractivity contribution in [2.75, 3.05) is 62.7 Å². The lowest BCUT2D eigenvalue weighted by atomic mass is 10.2.